The first-order valence-electron chi connectivity index (χ1n) is 25.1. The van der Waals surface area contributed by atoms with Crippen molar-refractivity contribution in [2.75, 3.05) is 52.8 Å². The van der Waals surface area contributed by atoms with Gasteiger partial charge < -0.3 is 38.8 Å². The minimum atomic E-state index is -0.359. The molecule has 12 heteroatoms. The van der Waals surface area contributed by atoms with Gasteiger partial charge >= 0.3 is 17.9 Å². The van der Waals surface area contributed by atoms with Gasteiger partial charge in [-0.15, -0.1) is 0 Å². The lowest BCUT2D eigenvalue weighted by molar-refractivity contribution is -0.138. The molecule has 1 amide bonds. The van der Waals surface area contributed by atoms with Crippen molar-refractivity contribution in [3.8, 4) is 5.75 Å². The summed E-state index contributed by atoms with van der Waals surface area (Å²) in [5, 5.41) is 12.2. The van der Waals surface area contributed by atoms with Gasteiger partial charge in [0, 0.05) is 54.7 Å². The van der Waals surface area contributed by atoms with Crippen LogP contribution >= 0.6 is 0 Å². The highest BCUT2D eigenvalue weighted by atomic mass is 16.5. The number of unbranched alkanes of at least 4 members (excludes halogenated alkanes) is 24. The first kappa shape index (κ1) is 59.0. The molecule has 1 aromatic carbocycles. The maximum absolute atomic E-state index is 13.2. The minimum Gasteiger partial charge on any atom is -0.493 e. The molecule has 0 aliphatic carbocycles. The summed E-state index contributed by atoms with van der Waals surface area (Å²) in [4.78, 5) is 46.6. The maximum Gasteiger partial charge on any atom is 0.330 e. The Morgan fingerprint density at radius 1 is 0.446 bits per heavy atom. The summed E-state index contributed by atoms with van der Waals surface area (Å²) in [6, 6.07) is 3.71. The van der Waals surface area contributed by atoms with Gasteiger partial charge in [-0.25, -0.2) is 14.4 Å². The summed E-state index contributed by atoms with van der Waals surface area (Å²) < 4.78 is 34.1. The fourth-order valence-electron chi connectivity index (χ4n) is 7.32. The smallest absolute Gasteiger partial charge is 0.330 e. The second-order valence-electron chi connectivity index (χ2n) is 16.7. The number of ether oxygens (including phenoxy) is 6. The van der Waals surface area contributed by atoms with Crippen molar-refractivity contribution in [2.45, 2.75) is 187 Å². The van der Waals surface area contributed by atoms with Crippen molar-refractivity contribution >= 4 is 23.8 Å². The molecule has 370 valence electrons. The van der Waals surface area contributed by atoms with Crippen LogP contribution < -0.4 is 10.1 Å². The molecule has 0 saturated heterocycles. The first-order chi connectivity index (χ1) is 31.9. The predicted molar refractivity (Wildman–Crippen MR) is 259 cm³/mol. The van der Waals surface area contributed by atoms with Crippen molar-refractivity contribution in [1.29, 1.82) is 0 Å². The molecule has 1 rings (SSSR count). The van der Waals surface area contributed by atoms with Gasteiger partial charge in [0.25, 0.3) is 5.91 Å². The molecule has 0 heterocycles. The number of esters is 3. The van der Waals surface area contributed by atoms with Gasteiger partial charge in [0.2, 0.25) is 0 Å². The maximum atomic E-state index is 13.2. The Kier molecular flexibility index (Phi) is 39.8. The third-order valence-electron chi connectivity index (χ3n) is 11.1. The number of aliphatic hydroxyl groups excluding tert-OH is 1. The van der Waals surface area contributed by atoms with Crippen LogP contribution in [0.1, 0.15) is 195 Å². The van der Waals surface area contributed by atoms with Crippen molar-refractivity contribution in [3.05, 3.63) is 66.8 Å². The molecule has 0 aliphatic heterocycles. The molecule has 2 N–H and O–H groups in total. The molecule has 0 aromatic heterocycles. The molecule has 0 bridgehead atoms. The van der Waals surface area contributed by atoms with Crippen LogP contribution in [0.2, 0.25) is 0 Å². The Bertz CT molecular complexity index is 1340. The number of nitrogens with one attached hydrogen (secondary N) is 1. The van der Waals surface area contributed by atoms with E-state index >= 15 is 0 Å². The van der Waals surface area contributed by atoms with Crippen LogP contribution in [0.15, 0.2) is 50.1 Å². The molecule has 0 saturated carbocycles. The van der Waals surface area contributed by atoms with Gasteiger partial charge in [-0.05, 0) is 50.7 Å². The third-order valence-corrected chi connectivity index (χ3v) is 11.1. The number of amides is 1. The van der Waals surface area contributed by atoms with Crippen LogP contribution in [0.4, 0.5) is 0 Å². The van der Waals surface area contributed by atoms with Gasteiger partial charge in [-0.1, -0.05) is 155 Å². The van der Waals surface area contributed by atoms with Gasteiger partial charge in [0.1, 0.15) is 5.75 Å². The second-order valence-corrected chi connectivity index (χ2v) is 16.7. The zero-order valence-electron chi connectivity index (χ0n) is 40.2. The number of hydrogen-bond donors (Lipinski definition) is 2. The fraction of sp³-hybridized carbons (Fsp3) is 0.698. The van der Waals surface area contributed by atoms with E-state index in [0.29, 0.717) is 58.4 Å². The SMILES string of the molecule is C=CC(=O)OCCCCCCCCCCCOCc1cc(C(=O)NCCO)cc(COCCCCCCCCCCCOC(=O)C=C)c1OCCCCCCCCCCCOC(=O)C=C. The molecular formula is C53H87NO11. The molecule has 0 unspecified atom stereocenters. The van der Waals surface area contributed by atoms with Crippen molar-refractivity contribution in [1.82, 2.24) is 5.32 Å². The summed E-state index contributed by atoms with van der Waals surface area (Å²) in [5.74, 6) is -0.589. The van der Waals surface area contributed by atoms with Gasteiger partial charge in [-0.2, -0.15) is 0 Å². The van der Waals surface area contributed by atoms with Crippen LogP contribution in [0.25, 0.3) is 0 Å². The minimum absolute atomic E-state index is 0.141. The molecule has 12 nitrogen and oxygen atoms in total. The Hall–Kier alpha value is -4.00. The third kappa shape index (κ3) is 34.9. The summed E-state index contributed by atoms with van der Waals surface area (Å²) in [5.41, 5.74) is 2.16. The highest BCUT2D eigenvalue weighted by molar-refractivity contribution is 5.95. The van der Waals surface area contributed by atoms with Crippen LogP contribution in [0.5, 0.6) is 5.75 Å². The molecular weight excluding hydrogens is 827 g/mol. The van der Waals surface area contributed by atoms with Crippen molar-refractivity contribution in [3.63, 3.8) is 0 Å². The highest BCUT2D eigenvalue weighted by Crippen LogP contribution is 2.29. The zero-order chi connectivity index (χ0) is 47.3. The summed E-state index contributed by atoms with van der Waals surface area (Å²) in [6.45, 7) is 14.1. The average molecular weight is 914 g/mol. The van der Waals surface area contributed by atoms with Crippen molar-refractivity contribution < 1.29 is 52.7 Å². The molecule has 0 aliphatic rings. The number of aliphatic hydroxyl groups is 1. The molecule has 0 fully saturated rings. The monoisotopic (exact) mass is 914 g/mol. The van der Waals surface area contributed by atoms with Crippen LogP contribution in [0, 0.1) is 0 Å². The van der Waals surface area contributed by atoms with Gasteiger partial charge in [-0.3, -0.25) is 4.79 Å². The summed E-state index contributed by atoms with van der Waals surface area (Å²) >= 11 is 0. The number of carbonyl (C=O) groups excluding carboxylic acids is 4. The number of carbonyl (C=O) groups is 4. The van der Waals surface area contributed by atoms with Gasteiger partial charge in [0.05, 0.1) is 46.2 Å². The van der Waals surface area contributed by atoms with Crippen LogP contribution in [-0.4, -0.2) is 81.7 Å². The number of hydrogen-bond acceptors (Lipinski definition) is 11. The lowest BCUT2D eigenvalue weighted by Crippen LogP contribution is -2.26. The summed E-state index contributed by atoms with van der Waals surface area (Å²) in [6.07, 6.45) is 33.1. The predicted octanol–water partition coefficient (Wildman–Crippen LogP) is 11.5. The summed E-state index contributed by atoms with van der Waals surface area (Å²) in [7, 11) is 0. The van der Waals surface area contributed by atoms with E-state index in [1.165, 1.54) is 76.0 Å². The van der Waals surface area contributed by atoms with E-state index in [9.17, 15) is 24.3 Å². The largest absolute Gasteiger partial charge is 0.493 e. The van der Waals surface area contributed by atoms with E-state index in [-0.39, 0.29) is 37.0 Å². The zero-order valence-corrected chi connectivity index (χ0v) is 40.2. The number of benzene rings is 1. The quantitative estimate of drug-likeness (QED) is 0.0278. The van der Waals surface area contributed by atoms with Crippen LogP contribution in [-0.2, 0) is 51.3 Å². The molecule has 65 heavy (non-hydrogen) atoms. The average Bonchev–Trinajstić information content (AvgIpc) is 3.32. The van der Waals surface area contributed by atoms with E-state index in [1.54, 1.807) is 0 Å². The lowest BCUT2D eigenvalue weighted by Gasteiger charge is -2.19. The molecule has 0 radical (unpaired) electrons. The molecule has 1 aromatic rings. The van der Waals surface area contributed by atoms with E-state index in [0.717, 1.165) is 132 Å². The topological polar surface area (TPSA) is 156 Å². The number of rotatable bonds is 47. The highest BCUT2D eigenvalue weighted by Gasteiger charge is 2.17. The standard InChI is InChI=1S/C53H87NO11/c1-4-49(56)62-38-30-24-18-12-7-10-16-22-28-36-60-44-47-42-46(53(59)54-34-35-55)43-48(45-61-37-29-23-17-11-8-13-19-25-31-39-63-50(57)5-2)52(47)65-41-33-27-21-15-9-14-20-26-32-40-64-51(58)6-3/h4-6,42-43,55H,1-3,7-41,44-45H2,(H,54,59). The van der Waals surface area contributed by atoms with E-state index < -0.39 is 0 Å². The first-order valence-corrected chi connectivity index (χ1v) is 25.1. The Balaban J connectivity index is 2.66. The fourth-order valence-corrected chi connectivity index (χ4v) is 7.32. The van der Waals surface area contributed by atoms with Crippen molar-refractivity contribution in [2.24, 2.45) is 0 Å². The van der Waals surface area contributed by atoms with E-state index in [4.69, 9.17) is 28.4 Å². The van der Waals surface area contributed by atoms with Crippen LogP contribution in [0.3, 0.4) is 0 Å². The van der Waals surface area contributed by atoms with Gasteiger partial charge in [0.15, 0.2) is 0 Å². The Labute approximate surface area is 392 Å². The second kappa shape index (κ2) is 43.9. The molecule has 0 spiro atoms. The van der Waals surface area contributed by atoms with E-state index in [2.05, 4.69) is 25.1 Å². The van der Waals surface area contributed by atoms with E-state index in [1.807, 2.05) is 12.1 Å². The normalized spacial score (nSPS) is 10.9. The Morgan fingerprint density at radius 3 is 1.05 bits per heavy atom. The lowest BCUT2D eigenvalue weighted by atomic mass is 10.0. The molecule has 0 atom stereocenters. The Morgan fingerprint density at radius 2 is 0.738 bits per heavy atom.